The summed E-state index contributed by atoms with van der Waals surface area (Å²) in [5.41, 5.74) is 3.51. The molecule has 1 saturated carbocycles. The minimum atomic E-state index is -3.33. The Balaban J connectivity index is 1.55. The van der Waals surface area contributed by atoms with E-state index in [0.717, 1.165) is 68.1 Å². The Kier molecular flexibility index (Phi) is 11.1. The first kappa shape index (κ1) is 34.7. The number of fused-ring (bicyclic) bond motifs is 3. The smallest absolute Gasteiger partial charge is 0.286 e. The Morgan fingerprint density at radius 2 is 2.00 bits per heavy atom. The van der Waals surface area contributed by atoms with Crippen LogP contribution < -0.4 is 14.4 Å². The average Bonchev–Trinajstić information content (AvgIpc) is 3.18. The lowest BCUT2D eigenvalue weighted by Gasteiger charge is -2.45. The van der Waals surface area contributed by atoms with Gasteiger partial charge in [-0.1, -0.05) is 44.9 Å². The van der Waals surface area contributed by atoms with Gasteiger partial charge in [0, 0.05) is 42.6 Å². The molecule has 5 rings (SSSR count). The van der Waals surface area contributed by atoms with Crippen molar-refractivity contribution in [3.8, 4) is 5.75 Å². The van der Waals surface area contributed by atoms with E-state index in [1.807, 2.05) is 32.0 Å². The lowest BCUT2D eigenvalue weighted by molar-refractivity contribution is -0.119. The van der Waals surface area contributed by atoms with E-state index in [4.69, 9.17) is 21.1 Å². The molecule has 2 aliphatic carbocycles. The van der Waals surface area contributed by atoms with Crippen LogP contribution in [0.2, 0.25) is 5.02 Å². The number of anilines is 1. The minimum absolute atomic E-state index is 0.162. The van der Waals surface area contributed by atoms with Crippen molar-refractivity contribution in [2.24, 2.45) is 16.2 Å². The average molecular weight is 672 g/mol. The van der Waals surface area contributed by atoms with Gasteiger partial charge in [-0.05, 0) is 105 Å². The second kappa shape index (κ2) is 14.7. The summed E-state index contributed by atoms with van der Waals surface area (Å²) >= 11 is 6.43. The summed E-state index contributed by atoms with van der Waals surface area (Å²) in [4.78, 5) is 28.6. The standard InChI is InChI=1S/C36H50ClN3O5S/c1-6-10-29(7-2)46(43,38-34(41)8-3)39-35(42)26-13-17-33-32(20-26)40(21-27-12-15-30(27)24(4)44-5)22-36(23-45-33)18-9-11-25-19-28(37)14-16-31(25)36/h13-14,16-17,19-20,24,27,29-30H,6-12,15,18,21-23H2,1-5H3,(H,38,39,41,42,43)/t24-,27-,29+,30-,36-,46+/m0/s1. The number of hydrogen-bond acceptors (Lipinski definition) is 6. The molecule has 2 aromatic carbocycles. The fraction of sp³-hybridized carbons (Fsp3) is 0.611. The molecule has 2 amide bonds. The molecule has 0 unspecified atom stereocenters. The van der Waals surface area contributed by atoms with Crippen molar-refractivity contribution in [3.63, 3.8) is 0 Å². The molecule has 1 fully saturated rings. The number of nitrogens with zero attached hydrogens (tertiary/aromatic N) is 2. The number of benzene rings is 2. The molecule has 0 saturated heterocycles. The van der Waals surface area contributed by atoms with Crippen molar-refractivity contribution < 1.29 is 23.3 Å². The van der Waals surface area contributed by atoms with Crippen molar-refractivity contribution in [2.45, 2.75) is 102 Å². The molecule has 0 bridgehead atoms. The first-order valence-electron chi connectivity index (χ1n) is 17.0. The van der Waals surface area contributed by atoms with Crippen molar-refractivity contribution in [1.82, 2.24) is 4.72 Å². The summed E-state index contributed by atoms with van der Waals surface area (Å²) in [7, 11) is -1.55. The fourth-order valence-electron chi connectivity index (χ4n) is 7.65. The van der Waals surface area contributed by atoms with E-state index >= 15 is 0 Å². The summed E-state index contributed by atoms with van der Waals surface area (Å²) in [6.07, 6.45) is 7.52. The molecule has 252 valence electrons. The second-order valence-electron chi connectivity index (χ2n) is 13.4. The third-order valence-corrected chi connectivity index (χ3v) is 13.2. The van der Waals surface area contributed by atoms with Gasteiger partial charge in [0.1, 0.15) is 15.7 Å². The van der Waals surface area contributed by atoms with E-state index in [1.165, 1.54) is 11.1 Å². The number of hydrogen-bond donors (Lipinski definition) is 1. The van der Waals surface area contributed by atoms with Gasteiger partial charge >= 0.3 is 0 Å². The predicted octanol–water partition coefficient (Wildman–Crippen LogP) is 7.50. The van der Waals surface area contributed by atoms with Crippen LogP contribution in [0.3, 0.4) is 0 Å². The Hall–Kier alpha value is -2.62. The Morgan fingerprint density at radius 1 is 1.20 bits per heavy atom. The van der Waals surface area contributed by atoms with Crippen LogP contribution >= 0.6 is 11.6 Å². The molecular weight excluding hydrogens is 622 g/mol. The topological polar surface area (TPSA) is 97.3 Å². The summed E-state index contributed by atoms with van der Waals surface area (Å²) in [6.45, 7) is 9.84. The summed E-state index contributed by atoms with van der Waals surface area (Å²) in [5.74, 6) is 0.657. The monoisotopic (exact) mass is 671 g/mol. The van der Waals surface area contributed by atoms with E-state index in [1.54, 1.807) is 20.1 Å². The van der Waals surface area contributed by atoms with Crippen LogP contribution in [0.25, 0.3) is 0 Å². The van der Waals surface area contributed by atoms with E-state index in [-0.39, 0.29) is 23.8 Å². The Labute approximate surface area is 280 Å². The summed E-state index contributed by atoms with van der Waals surface area (Å²) in [6, 6.07) is 11.6. The van der Waals surface area contributed by atoms with Crippen LogP contribution in [0.1, 0.15) is 101 Å². The van der Waals surface area contributed by atoms with Gasteiger partial charge in [0.2, 0.25) is 5.91 Å². The predicted molar refractivity (Wildman–Crippen MR) is 185 cm³/mol. The SMILES string of the molecule is CCC[C@@H](CC)[S@](=O)(=NC(=O)c1ccc2c(c1)N(C[C@@H]1CC[C@H]1[C@H](C)OC)C[C@@]1(CCCc3cc(Cl)ccc31)CO2)NC(=O)CC. The maximum absolute atomic E-state index is 14.2. The molecule has 2 aromatic rings. The third kappa shape index (κ3) is 7.12. The number of aryl methyl sites for hydroxylation is 1. The highest BCUT2D eigenvalue weighted by atomic mass is 35.5. The molecule has 0 radical (unpaired) electrons. The fourth-order valence-corrected chi connectivity index (χ4v) is 10.0. The molecular formula is C36H50ClN3O5S. The summed E-state index contributed by atoms with van der Waals surface area (Å²) < 4.78 is 33.4. The van der Waals surface area contributed by atoms with Crippen molar-refractivity contribution in [3.05, 3.63) is 58.1 Å². The number of ether oxygens (including phenoxy) is 2. The molecule has 8 nitrogen and oxygen atoms in total. The number of nitrogens with one attached hydrogen (secondary N) is 1. The first-order valence-corrected chi connectivity index (χ1v) is 19.0. The highest BCUT2D eigenvalue weighted by Gasteiger charge is 2.44. The van der Waals surface area contributed by atoms with Gasteiger partial charge in [0.15, 0.2) is 0 Å². The van der Waals surface area contributed by atoms with E-state index < -0.39 is 21.1 Å². The number of rotatable bonds is 11. The number of amides is 2. The molecule has 3 aliphatic rings. The number of carbonyl (C=O) groups excluding carboxylic acids is 2. The van der Waals surface area contributed by atoms with Crippen molar-refractivity contribution >= 4 is 39.0 Å². The Bertz CT molecular complexity index is 1560. The zero-order valence-electron chi connectivity index (χ0n) is 28.0. The Morgan fingerprint density at radius 3 is 2.67 bits per heavy atom. The summed E-state index contributed by atoms with van der Waals surface area (Å²) in [5, 5.41) is 0.329. The lowest BCUT2D eigenvalue weighted by Crippen LogP contribution is -2.49. The van der Waals surface area contributed by atoms with E-state index in [0.29, 0.717) is 36.8 Å². The van der Waals surface area contributed by atoms with Crippen molar-refractivity contribution in [1.29, 1.82) is 0 Å². The van der Waals surface area contributed by atoms with Gasteiger partial charge in [-0.15, -0.1) is 4.36 Å². The minimum Gasteiger partial charge on any atom is -0.490 e. The van der Waals surface area contributed by atoms with Crippen LogP contribution in [0, 0.1) is 11.8 Å². The van der Waals surface area contributed by atoms with E-state index in [9.17, 15) is 13.8 Å². The van der Waals surface area contributed by atoms with Gasteiger partial charge in [-0.2, -0.15) is 0 Å². The molecule has 1 aliphatic heterocycles. The molecule has 1 N–H and O–H groups in total. The molecule has 1 heterocycles. The zero-order chi connectivity index (χ0) is 33.1. The normalized spacial score (nSPS) is 24.7. The van der Waals surface area contributed by atoms with E-state index in [2.05, 4.69) is 33.0 Å². The zero-order valence-corrected chi connectivity index (χ0v) is 29.6. The third-order valence-electron chi connectivity index (χ3n) is 10.5. The second-order valence-corrected chi connectivity index (χ2v) is 16.0. The van der Waals surface area contributed by atoms with Crippen LogP contribution in [0.15, 0.2) is 40.8 Å². The van der Waals surface area contributed by atoms with Crippen LogP contribution in [-0.4, -0.2) is 54.2 Å². The van der Waals surface area contributed by atoms with Crippen LogP contribution in [0.5, 0.6) is 5.75 Å². The highest BCUT2D eigenvalue weighted by Crippen LogP contribution is 2.46. The van der Waals surface area contributed by atoms with Gasteiger partial charge in [-0.3, -0.25) is 14.3 Å². The number of halogens is 1. The lowest BCUT2D eigenvalue weighted by atomic mass is 9.68. The van der Waals surface area contributed by atoms with Crippen LogP contribution in [0.4, 0.5) is 5.69 Å². The highest BCUT2D eigenvalue weighted by molar-refractivity contribution is 7.93. The first-order chi connectivity index (χ1) is 22.1. The van der Waals surface area contributed by atoms with Gasteiger partial charge < -0.3 is 14.4 Å². The van der Waals surface area contributed by atoms with Gasteiger partial charge in [0.25, 0.3) is 5.91 Å². The molecule has 1 spiro atoms. The van der Waals surface area contributed by atoms with Gasteiger partial charge in [-0.25, -0.2) is 4.21 Å². The molecule has 0 aromatic heterocycles. The van der Waals surface area contributed by atoms with Crippen molar-refractivity contribution in [2.75, 3.05) is 31.7 Å². The molecule has 10 heteroatoms. The van der Waals surface area contributed by atoms with Gasteiger partial charge in [0.05, 0.1) is 23.6 Å². The number of carbonyl (C=O) groups is 2. The van der Waals surface area contributed by atoms with Crippen LogP contribution in [-0.2, 0) is 31.3 Å². The molecule has 6 atom stereocenters. The maximum atomic E-state index is 14.2. The molecule has 46 heavy (non-hydrogen) atoms. The maximum Gasteiger partial charge on any atom is 0.286 e. The largest absolute Gasteiger partial charge is 0.490 e. The number of methoxy groups -OCH3 is 1. The quantitative estimate of drug-likeness (QED) is 0.266.